The molecule has 1 aromatic rings. The second-order valence-electron chi connectivity index (χ2n) is 3.49. The molecule has 0 saturated carbocycles. The van der Waals surface area contributed by atoms with E-state index in [2.05, 4.69) is 17.4 Å². The number of nitrogens with two attached hydrogens (primary N) is 1. The first-order chi connectivity index (χ1) is 7.36. The molecule has 0 unspecified atom stereocenters. The summed E-state index contributed by atoms with van der Waals surface area (Å²) in [6.45, 7) is 2.75. The molecule has 0 spiro atoms. The first kappa shape index (κ1) is 12.0. The lowest BCUT2D eigenvalue weighted by atomic mass is 10.1. The lowest BCUT2D eigenvalue weighted by molar-refractivity contribution is 0.414. The summed E-state index contributed by atoms with van der Waals surface area (Å²) in [4.78, 5) is 0. The number of ether oxygens (including phenoxy) is 1. The fourth-order valence-electron chi connectivity index (χ4n) is 1.41. The fourth-order valence-corrected chi connectivity index (χ4v) is 1.41. The van der Waals surface area contributed by atoms with Crippen molar-refractivity contribution < 1.29 is 4.74 Å². The molecule has 0 bridgehead atoms. The van der Waals surface area contributed by atoms with Crippen LogP contribution < -0.4 is 15.8 Å². The first-order valence-corrected chi connectivity index (χ1v) is 5.40. The summed E-state index contributed by atoms with van der Waals surface area (Å²) in [6, 6.07) is 8.18. The predicted molar refractivity (Wildman–Crippen MR) is 63.2 cm³/mol. The molecule has 0 aliphatic carbocycles. The molecule has 3 heteroatoms. The first-order valence-electron chi connectivity index (χ1n) is 5.40. The van der Waals surface area contributed by atoms with Crippen LogP contribution in [0, 0.1) is 0 Å². The van der Waals surface area contributed by atoms with Crippen LogP contribution in [0.3, 0.4) is 0 Å². The molecular weight excluding hydrogens is 188 g/mol. The minimum atomic E-state index is 0.756. The van der Waals surface area contributed by atoms with Crippen molar-refractivity contribution in [1.29, 1.82) is 0 Å². The van der Waals surface area contributed by atoms with E-state index in [0.717, 1.165) is 38.2 Å². The highest BCUT2D eigenvalue weighted by Gasteiger charge is 1.95. The Morgan fingerprint density at radius 1 is 1.33 bits per heavy atom. The molecular formula is C12H20N2O. The van der Waals surface area contributed by atoms with Gasteiger partial charge in [0.2, 0.25) is 0 Å². The average molecular weight is 208 g/mol. The number of hydrogen-bond acceptors (Lipinski definition) is 3. The van der Waals surface area contributed by atoms with E-state index in [9.17, 15) is 0 Å². The van der Waals surface area contributed by atoms with Crippen molar-refractivity contribution in [1.82, 2.24) is 5.32 Å². The van der Waals surface area contributed by atoms with Gasteiger partial charge in [0, 0.05) is 0 Å². The molecule has 0 saturated heterocycles. The van der Waals surface area contributed by atoms with E-state index in [4.69, 9.17) is 10.5 Å². The largest absolute Gasteiger partial charge is 0.497 e. The highest BCUT2D eigenvalue weighted by molar-refractivity contribution is 5.28. The van der Waals surface area contributed by atoms with Gasteiger partial charge in [-0.15, -0.1) is 0 Å². The monoisotopic (exact) mass is 208 g/mol. The zero-order valence-electron chi connectivity index (χ0n) is 9.33. The molecule has 0 atom stereocenters. The highest BCUT2D eigenvalue weighted by atomic mass is 16.5. The molecule has 3 nitrogen and oxygen atoms in total. The number of benzene rings is 1. The van der Waals surface area contributed by atoms with Crippen LogP contribution in [0.1, 0.15) is 12.0 Å². The van der Waals surface area contributed by atoms with Crippen molar-refractivity contribution in [3.8, 4) is 5.75 Å². The number of rotatable bonds is 7. The van der Waals surface area contributed by atoms with Gasteiger partial charge in [0.25, 0.3) is 0 Å². The van der Waals surface area contributed by atoms with Gasteiger partial charge < -0.3 is 15.8 Å². The van der Waals surface area contributed by atoms with Crippen molar-refractivity contribution in [3.05, 3.63) is 29.8 Å². The third kappa shape index (κ3) is 4.81. The molecule has 15 heavy (non-hydrogen) atoms. The van der Waals surface area contributed by atoms with Gasteiger partial charge in [0.15, 0.2) is 0 Å². The quantitative estimate of drug-likeness (QED) is 0.661. The summed E-state index contributed by atoms with van der Waals surface area (Å²) >= 11 is 0. The van der Waals surface area contributed by atoms with Gasteiger partial charge in [0.05, 0.1) is 7.11 Å². The molecule has 0 heterocycles. The van der Waals surface area contributed by atoms with Crippen LogP contribution in [-0.2, 0) is 6.42 Å². The van der Waals surface area contributed by atoms with Gasteiger partial charge in [-0.1, -0.05) is 12.1 Å². The standard InChI is InChI=1S/C12H20N2O/c1-15-12-5-2-4-11(10-12)6-9-14-8-3-7-13/h2,4-5,10,14H,3,6-9,13H2,1H3. The predicted octanol–water partition coefficient (Wildman–Crippen LogP) is 1.18. The molecule has 0 amide bonds. The topological polar surface area (TPSA) is 47.3 Å². The van der Waals surface area contributed by atoms with Crippen LogP contribution in [0.2, 0.25) is 0 Å². The second-order valence-corrected chi connectivity index (χ2v) is 3.49. The zero-order valence-corrected chi connectivity index (χ0v) is 9.33. The van der Waals surface area contributed by atoms with E-state index in [0.29, 0.717) is 0 Å². The van der Waals surface area contributed by atoms with Crippen molar-refractivity contribution in [2.24, 2.45) is 5.73 Å². The molecule has 3 N–H and O–H groups in total. The Labute approximate surface area is 91.6 Å². The molecule has 84 valence electrons. The number of methoxy groups -OCH3 is 1. The van der Waals surface area contributed by atoms with Crippen LogP contribution in [0.25, 0.3) is 0 Å². The smallest absolute Gasteiger partial charge is 0.119 e. The maximum absolute atomic E-state index is 5.40. The second kappa shape index (κ2) is 7.26. The van der Waals surface area contributed by atoms with Gasteiger partial charge in [-0.2, -0.15) is 0 Å². The normalized spacial score (nSPS) is 10.3. The van der Waals surface area contributed by atoms with Crippen LogP contribution in [0.15, 0.2) is 24.3 Å². The SMILES string of the molecule is COc1cccc(CCNCCCN)c1. The van der Waals surface area contributed by atoms with E-state index in [1.165, 1.54) is 5.56 Å². The summed E-state index contributed by atoms with van der Waals surface area (Å²) in [7, 11) is 1.69. The minimum absolute atomic E-state index is 0.756. The van der Waals surface area contributed by atoms with Crippen molar-refractivity contribution >= 4 is 0 Å². The summed E-state index contributed by atoms with van der Waals surface area (Å²) in [5.74, 6) is 0.925. The third-order valence-electron chi connectivity index (χ3n) is 2.28. The zero-order chi connectivity index (χ0) is 10.9. The van der Waals surface area contributed by atoms with Crippen LogP contribution >= 0.6 is 0 Å². The Morgan fingerprint density at radius 2 is 2.20 bits per heavy atom. The van der Waals surface area contributed by atoms with Crippen LogP contribution in [0.4, 0.5) is 0 Å². The maximum Gasteiger partial charge on any atom is 0.119 e. The lowest BCUT2D eigenvalue weighted by Crippen LogP contribution is -2.20. The summed E-state index contributed by atoms with van der Waals surface area (Å²) in [5.41, 5.74) is 6.70. The van der Waals surface area contributed by atoms with Gasteiger partial charge in [-0.3, -0.25) is 0 Å². The van der Waals surface area contributed by atoms with Gasteiger partial charge in [0.1, 0.15) is 5.75 Å². The maximum atomic E-state index is 5.40. The lowest BCUT2D eigenvalue weighted by Gasteiger charge is -2.05. The van der Waals surface area contributed by atoms with E-state index in [1.807, 2.05) is 12.1 Å². The molecule has 0 aliphatic heterocycles. The minimum Gasteiger partial charge on any atom is -0.497 e. The Balaban J connectivity index is 2.24. The third-order valence-corrected chi connectivity index (χ3v) is 2.28. The van der Waals surface area contributed by atoms with Crippen LogP contribution in [-0.4, -0.2) is 26.7 Å². The molecule has 0 aromatic heterocycles. The molecule has 1 rings (SSSR count). The average Bonchev–Trinajstić information content (AvgIpc) is 2.29. The van der Waals surface area contributed by atoms with Gasteiger partial charge in [-0.05, 0) is 50.2 Å². The van der Waals surface area contributed by atoms with E-state index in [-0.39, 0.29) is 0 Å². The van der Waals surface area contributed by atoms with Gasteiger partial charge in [-0.25, -0.2) is 0 Å². The Morgan fingerprint density at radius 3 is 2.93 bits per heavy atom. The van der Waals surface area contributed by atoms with Gasteiger partial charge >= 0.3 is 0 Å². The molecule has 0 radical (unpaired) electrons. The molecule has 0 fully saturated rings. The Kier molecular flexibility index (Phi) is 5.81. The number of nitrogens with one attached hydrogen (secondary N) is 1. The van der Waals surface area contributed by atoms with E-state index >= 15 is 0 Å². The van der Waals surface area contributed by atoms with E-state index in [1.54, 1.807) is 7.11 Å². The van der Waals surface area contributed by atoms with Crippen molar-refractivity contribution in [2.75, 3.05) is 26.7 Å². The van der Waals surface area contributed by atoms with Crippen molar-refractivity contribution in [2.45, 2.75) is 12.8 Å². The Hall–Kier alpha value is -1.06. The highest BCUT2D eigenvalue weighted by Crippen LogP contribution is 2.12. The summed E-state index contributed by atoms with van der Waals surface area (Å²) in [6.07, 6.45) is 2.07. The summed E-state index contributed by atoms with van der Waals surface area (Å²) in [5, 5.41) is 3.35. The molecule has 1 aromatic carbocycles. The Bertz CT molecular complexity index is 276. The van der Waals surface area contributed by atoms with Crippen LogP contribution in [0.5, 0.6) is 5.75 Å². The molecule has 0 aliphatic rings. The number of hydrogen-bond donors (Lipinski definition) is 2. The van der Waals surface area contributed by atoms with E-state index < -0.39 is 0 Å². The fraction of sp³-hybridized carbons (Fsp3) is 0.500. The van der Waals surface area contributed by atoms with Crippen molar-refractivity contribution in [3.63, 3.8) is 0 Å². The summed E-state index contributed by atoms with van der Waals surface area (Å²) < 4.78 is 5.16.